The Morgan fingerprint density at radius 2 is 0.939 bits per heavy atom. The average molecular weight is 456 g/mol. The molecule has 0 N–H and O–H groups in total. The van der Waals surface area contributed by atoms with Gasteiger partial charge in [0.1, 0.15) is 12.7 Å². The molecule has 4 aliphatic heterocycles. The summed E-state index contributed by atoms with van der Waals surface area (Å²) in [5.74, 6) is 0.860. The van der Waals surface area contributed by atoms with E-state index in [1.165, 1.54) is 51.4 Å². The van der Waals surface area contributed by atoms with Gasteiger partial charge >= 0.3 is 0 Å². The normalized spacial score (nSPS) is 43.6. The van der Waals surface area contributed by atoms with E-state index in [4.69, 9.17) is 9.97 Å². The molecule has 4 saturated heterocycles. The Morgan fingerprint density at radius 3 is 1.33 bits per heavy atom. The Morgan fingerprint density at radius 1 is 0.576 bits per heavy atom. The number of piperidine rings is 1. The van der Waals surface area contributed by atoms with Gasteiger partial charge < -0.3 is 4.90 Å². The van der Waals surface area contributed by atoms with Crippen LogP contribution in [0.15, 0.2) is 12.7 Å². The van der Waals surface area contributed by atoms with Crippen LogP contribution in [-0.4, -0.2) is 84.3 Å². The molecule has 7 nitrogen and oxygen atoms in total. The molecule has 184 valence electrons. The lowest BCUT2D eigenvalue weighted by atomic mass is 9.93. The van der Waals surface area contributed by atoms with E-state index >= 15 is 0 Å². The van der Waals surface area contributed by atoms with Gasteiger partial charge in [-0.2, -0.15) is 0 Å². The van der Waals surface area contributed by atoms with Crippen molar-refractivity contribution < 1.29 is 0 Å². The minimum Gasteiger partial charge on any atom is -0.309 e. The standard InChI is InChI=1S/C26H45N7/c1-17-7-8-18(2)30(17)23-13-24(31-19(3)9-10-20(31)4)33(26-28-15-27-16-29-26)25(14-23)32-21(5)11-12-22(32)6/h15-25H,7-14H2,1-6H3. The fourth-order valence-electron chi connectivity index (χ4n) is 7.96. The van der Waals surface area contributed by atoms with Gasteiger partial charge in [0, 0.05) is 42.3 Å². The highest BCUT2D eigenvalue weighted by Crippen LogP contribution is 2.42. The molecule has 0 saturated carbocycles. The Labute approximate surface area is 201 Å². The predicted octanol–water partition coefficient (Wildman–Crippen LogP) is 4.11. The first-order chi connectivity index (χ1) is 15.9. The highest BCUT2D eigenvalue weighted by Gasteiger charge is 2.50. The molecule has 0 radical (unpaired) electrons. The Kier molecular flexibility index (Phi) is 6.66. The first kappa shape index (κ1) is 23.4. The summed E-state index contributed by atoms with van der Waals surface area (Å²) in [5, 5.41) is 0. The summed E-state index contributed by atoms with van der Waals surface area (Å²) in [4.78, 5) is 24.7. The zero-order chi connectivity index (χ0) is 23.3. The highest BCUT2D eigenvalue weighted by atomic mass is 15.5. The second kappa shape index (κ2) is 9.38. The maximum absolute atomic E-state index is 4.74. The summed E-state index contributed by atoms with van der Waals surface area (Å²) >= 11 is 0. The van der Waals surface area contributed by atoms with Crippen molar-refractivity contribution in [2.45, 2.75) is 148 Å². The second-order valence-electron chi connectivity index (χ2n) is 11.6. The number of hydrogen-bond acceptors (Lipinski definition) is 7. The number of nitrogens with zero attached hydrogens (tertiary/aromatic N) is 7. The molecular formula is C26H45N7. The topological polar surface area (TPSA) is 51.6 Å². The van der Waals surface area contributed by atoms with Crippen molar-refractivity contribution in [3.63, 3.8) is 0 Å². The van der Waals surface area contributed by atoms with Crippen molar-refractivity contribution in [1.29, 1.82) is 0 Å². The third-order valence-corrected chi connectivity index (χ3v) is 9.49. The summed E-state index contributed by atoms with van der Waals surface area (Å²) in [6.07, 6.45) is 14.1. The number of likely N-dealkylation sites (tertiary alicyclic amines) is 3. The van der Waals surface area contributed by atoms with E-state index in [0.29, 0.717) is 54.6 Å². The van der Waals surface area contributed by atoms with E-state index in [-0.39, 0.29) is 0 Å². The number of rotatable bonds is 4. The Bertz CT molecular complexity index is 726. The minimum atomic E-state index is 0.323. The van der Waals surface area contributed by atoms with Crippen molar-refractivity contribution in [2.75, 3.05) is 4.90 Å². The van der Waals surface area contributed by atoms with Crippen LogP contribution in [0.25, 0.3) is 0 Å². The lowest BCUT2D eigenvalue weighted by Crippen LogP contribution is -2.68. The van der Waals surface area contributed by atoms with Crippen molar-refractivity contribution in [2.24, 2.45) is 0 Å². The molecule has 1 aromatic rings. The van der Waals surface area contributed by atoms with Gasteiger partial charge in [-0.1, -0.05) is 0 Å². The summed E-state index contributed by atoms with van der Waals surface area (Å²) in [7, 11) is 0. The number of anilines is 1. The van der Waals surface area contributed by atoms with E-state index in [9.17, 15) is 0 Å². The lowest BCUT2D eigenvalue weighted by Gasteiger charge is -2.56. The van der Waals surface area contributed by atoms with Gasteiger partial charge in [0.15, 0.2) is 0 Å². The van der Waals surface area contributed by atoms with Crippen LogP contribution in [0.2, 0.25) is 0 Å². The van der Waals surface area contributed by atoms with Crippen LogP contribution in [0, 0.1) is 0 Å². The van der Waals surface area contributed by atoms with E-state index < -0.39 is 0 Å². The van der Waals surface area contributed by atoms with Crippen LogP contribution in [0.5, 0.6) is 0 Å². The third kappa shape index (κ3) is 4.19. The van der Waals surface area contributed by atoms with Gasteiger partial charge in [-0.15, -0.1) is 0 Å². The minimum absolute atomic E-state index is 0.323. The Balaban J connectivity index is 1.58. The number of aromatic nitrogens is 3. The molecule has 1 aromatic heterocycles. The van der Waals surface area contributed by atoms with Gasteiger partial charge in [-0.25, -0.2) is 15.0 Å². The molecule has 5 heterocycles. The number of hydrogen-bond donors (Lipinski definition) is 0. The first-order valence-corrected chi connectivity index (χ1v) is 13.6. The third-order valence-electron chi connectivity index (χ3n) is 9.49. The summed E-state index contributed by atoms with van der Waals surface area (Å²) in [5.41, 5.74) is 0. The molecular weight excluding hydrogens is 410 g/mol. The largest absolute Gasteiger partial charge is 0.309 e. The van der Waals surface area contributed by atoms with Crippen LogP contribution >= 0.6 is 0 Å². The summed E-state index contributed by atoms with van der Waals surface area (Å²) in [6.45, 7) is 14.6. The van der Waals surface area contributed by atoms with Crippen LogP contribution in [-0.2, 0) is 0 Å². The second-order valence-corrected chi connectivity index (χ2v) is 11.6. The smallest absolute Gasteiger partial charge is 0.230 e. The lowest BCUT2D eigenvalue weighted by molar-refractivity contribution is -0.00457. The Hall–Kier alpha value is -1.31. The van der Waals surface area contributed by atoms with Crippen molar-refractivity contribution in [3.8, 4) is 0 Å². The molecule has 0 spiro atoms. The molecule has 4 aliphatic rings. The van der Waals surface area contributed by atoms with Crippen molar-refractivity contribution in [1.82, 2.24) is 29.7 Å². The maximum Gasteiger partial charge on any atom is 0.230 e. The van der Waals surface area contributed by atoms with E-state index in [1.807, 2.05) is 0 Å². The van der Waals surface area contributed by atoms with Crippen LogP contribution in [0.1, 0.15) is 92.9 Å². The molecule has 0 bridgehead atoms. The van der Waals surface area contributed by atoms with Gasteiger partial charge in [-0.3, -0.25) is 14.7 Å². The molecule has 33 heavy (non-hydrogen) atoms. The van der Waals surface area contributed by atoms with Gasteiger partial charge in [0.05, 0.1) is 12.3 Å². The monoisotopic (exact) mass is 455 g/mol. The average Bonchev–Trinajstić information content (AvgIpc) is 3.43. The van der Waals surface area contributed by atoms with Crippen LogP contribution in [0.3, 0.4) is 0 Å². The SMILES string of the molecule is CC1CCC(C)N1C1CC(N2C(C)CCC2C)N(c2ncncn2)C(N2C(C)CCC2C)C1. The van der Waals surface area contributed by atoms with Crippen molar-refractivity contribution in [3.05, 3.63) is 12.7 Å². The highest BCUT2D eigenvalue weighted by molar-refractivity contribution is 5.34. The van der Waals surface area contributed by atoms with Gasteiger partial charge in [0.2, 0.25) is 5.95 Å². The van der Waals surface area contributed by atoms with E-state index in [0.717, 1.165) is 5.95 Å². The van der Waals surface area contributed by atoms with Crippen LogP contribution in [0.4, 0.5) is 5.95 Å². The summed E-state index contributed by atoms with van der Waals surface area (Å²) in [6, 6.07) is 4.33. The maximum atomic E-state index is 4.74. The van der Waals surface area contributed by atoms with Crippen LogP contribution < -0.4 is 4.90 Å². The zero-order valence-corrected chi connectivity index (χ0v) is 21.6. The molecule has 0 amide bonds. The van der Waals surface area contributed by atoms with Gasteiger partial charge in [0.25, 0.3) is 0 Å². The summed E-state index contributed by atoms with van der Waals surface area (Å²) < 4.78 is 0. The fourth-order valence-corrected chi connectivity index (χ4v) is 7.96. The van der Waals surface area contributed by atoms with Crippen molar-refractivity contribution >= 4 is 5.95 Å². The molecule has 7 heteroatoms. The molecule has 8 atom stereocenters. The molecule has 8 unspecified atom stereocenters. The van der Waals surface area contributed by atoms with E-state index in [1.54, 1.807) is 12.7 Å². The molecule has 4 fully saturated rings. The predicted molar refractivity (Wildman–Crippen MR) is 133 cm³/mol. The zero-order valence-electron chi connectivity index (χ0n) is 21.6. The fraction of sp³-hybridized carbons (Fsp3) is 0.885. The quantitative estimate of drug-likeness (QED) is 0.677. The van der Waals surface area contributed by atoms with Gasteiger partial charge in [-0.05, 0) is 92.9 Å². The molecule has 0 aliphatic carbocycles. The molecule has 0 aromatic carbocycles. The van der Waals surface area contributed by atoms with E-state index in [2.05, 4.69) is 66.1 Å². The molecule has 5 rings (SSSR count). The first-order valence-electron chi connectivity index (χ1n) is 13.6.